The fraction of sp³-hybridized carbons (Fsp3) is 0.588. The van der Waals surface area contributed by atoms with Gasteiger partial charge in [-0.25, -0.2) is 0 Å². The van der Waals surface area contributed by atoms with Gasteiger partial charge >= 0.3 is 0 Å². The van der Waals surface area contributed by atoms with E-state index in [2.05, 4.69) is 71.1 Å². The van der Waals surface area contributed by atoms with Crippen LogP contribution < -0.4 is 5.32 Å². The Morgan fingerprint density at radius 1 is 1.20 bits per heavy atom. The van der Waals surface area contributed by atoms with Crippen LogP contribution in [0.2, 0.25) is 0 Å². The smallest absolute Gasteiger partial charge is 0.230 e. The van der Waals surface area contributed by atoms with Gasteiger partial charge in [0.25, 0.3) is 0 Å². The van der Waals surface area contributed by atoms with Gasteiger partial charge in [0.15, 0.2) is 0 Å². The zero-order chi connectivity index (χ0) is 15.4. The van der Waals surface area contributed by atoms with E-state index < -0.39 is 0 Å². The maximum Gasteiger partial charge on any atom is 0.230 e. The van der Waals surface area contributed by atoms with Crippen molar-refractivity contribution in [2.24, 2.45) is 0 Å². The van der Waals surface area contributed by atoms with Crippen LogP contribution in [0.25, 0.3) is 0 Å². The first-order chi connectivity index (χ1) is 9.10. The van der Waals surface area contributed by atoms with Gasteiger partial charge in [0.05, 0.1) is 5.75 Å². The maximum absolute atomic E-state index is 11.9. The third-order valence-electron chi connectivity index (χ3n) is 3.16. The highest BCUT2D eigenvalue weighted by Crippen LogP contribution is 2.24. The molecule has 2 nitrogen and oxygen atoms in total. The second-order valence-corrected chi connectivity index (χ2v) is 8.73. The third-order valence-corrected chi connectivity index (χ3v) is 4.44. The zero-order valence-electron chi connectivity index (χ0n) is 13.5. The van der Waals surface area contributed by atoms with Gasteiger partial charge in [0.2, 0.25) is 5.91 Å². The van der Waals surface area contributed by atoms with Crippen LogP contribution in [-0.2, 0) is 10.2 Å². The number of nitrogens with one attached hydrogen (secondary N) is 1. The minimum Gasteiger partial charge on any atom is -0.355 e. The molecule has 0 bridgehead atoms. The van der Waals surface area contributed by atoms with Crippen molar-refractivity contribution < 1.29 is 4.79 Å². The number of hydrogen-bond acceptors (Lipinski definition) is 2. The summed E-state index contributed by atoms with van der Waals surface area (Å²) in [5.41, 5.74) is 2.47. The maximum atomic E-state index is 11.9. The van der Waals surface area contributed by atoms with Crippen molar-refractivity contribution in [3.05, 3.63) is 35.4 Å². The number of benzene rings is 1. The van der Waals surface area contributed by atoms with E-state index in [1.807, 2.05) is 0 Å². The van der Waals surface area contributed by atoms with Crippen molar-refractivity contribution in [2.45, 2.75) is 51.7 Å². The van der Waals surface area contributed by atoms with Gasteiger partial charge in [-0.05, 0) is 12.5 Å². The second kappa shape index (κ2) is 6.66. The lowest BCUT2D eigenvalue weighted by atomic mass is 9.84. The second-order valence-electron chi connectivity index (χ2n) is 6.93. The average Bonchev–Trinajstić information content (AvgIpc) is 2.33. The fourth-order valence-corrected chi connectivity index (χ4v) is 2.49. The highest BCUT2D eigenvalue weighted by atomic mass is 32.2. The molecule has 0 radical (unpaired) electrons. The third kappa shape index (κ3) is 6.00. The molecule has 0 aliphatic carbocycles. The van der Waals surface area contributed by atoms with E-state index in [4.69, 9.17) is 0 Å². The summed E-state index contributed by atoms with van der Waals surface area (Å²) in [4.78, 5) is 11.9. The molecule has 1 amide bonds. The number of carbonyl (C=O) groups is 1. The van der Waals surface area contributed by atoms with Crippen LogP contribution in [-0.4, -0.2) is 23.0 Å². The Balaban J connectivity index is 2.53. The Morgan fingerprint density at radius 3 is 2.40 bits per heavy atom. The van der Waals surface area contributed by atoms with Crippen molar-refractivity contribution in [3.63, 3.8) is 0 Å². The van der Waals surface area contributed by atoms with E-state index >= 15 is 0 Å². The molecule has 112 valence electrons. The quantitative estimate of drug-likeness (QED) is 0.891. The number of amides is 1. The van der Waals surface area contributed by atoms with Crippen LogP contribution in [0.1, 0.15) is 45.7 Å². The molecular weight excluding hydrogens is 266 g/mol. The van der Waals surface area contributed by atoms with Crippen molar-refractivity contribution in [3.8, 4) is 0 Å². The Morgan fingerprint density at radius 2 is 1.85 bits per heavy atom. The van der Waals surface area contributed by atoms with Crippen LogP contribution in [0.5, 0.6) is 0 Å². The lowest BCUT2D eigenvalue weighted by Crippen LogP contribution is -2.38. The molecule has 20 heavy (non-hydrogen) atoms. The number of thioether (sulfide) groups is 1. The summed E-state index contributed by atoms with van der Waals surface area (Å²) in [6, 6.07) is 8.49. The average molecular weight is 293 g/mol. The number of carbonyl (C=O) groups excluding carboxylic acids is 1. The summed E-state index contributed by atoms with van der Waals surface area (Å²) in [6.45, 7) is 13.5. The number of rotatable bonds is 5. The highest BCUT2D eigenvalue weighted by Gasteiger charge is 2.22. The first kappa shape index (κ1) is 17.1. The Labute approximate surface area is 127 Å². The molecule has 0 atom stereocenters. The number of hydrogen-bond donors (Lipinski definition) is 1. The molecular formula is C17H27NOS. The topological polar surface area (TPSA) is 29.1 Å². The molecule has 0 aliphatic heterocycles. The molecule has 0 spiro atoms. The summed E-state index contributed by atoms with van der Waals surface area (Å²) in [7, 11) is 0. The summed E-state index contributed by atoms with van der Waals surface area (Å²) in [5, 5.41) is 3.05. The van der Waals surface area contributed by atoms with Gasteiger partial charge in [-0.15, -0.1) is 11.8 Å². The molecule has 0 fully saturated rings. The normalized spacial score (nSPS) is 12.3. The molecule has 0 aromatic heterocycles. The van der Waals surface area contributed by atoms with Crippen LogP contribution in [0.15, 0.2) is 24.3 Å². The molecule has 1 N–H and O–H groups in total. The monoisotopic (exact) mass is 293 g/mol. The SMILES string of the molecule is Cc1cccc(C(C)(C)CNC(=O)CSC(C)(C)C)c1. The van der Waals surface area contributed by atoms with E-state index in [0.29, 0.717) is 12.3 Å². The van der Waals surface area contributed by atoms with Gasteiger partial charge in [-0.2, -0.15) is 0 Å². The lowest BCUT2D eigenvalue weighted by molar-refractivity contribution is -0.118. The Kier molecular flexibility index (Phi) is 5.69. The van der Waals surface area contributed by atoms with Crippen molar-refractivity contribution in [1.82, 2.24) is 5.32 Å². The van der Waals surface area contributed by atoms with E-state index in [9.17, 15) is 4.79 Å². The molecule has 3 heteroatoms. The van der Waals surface area contributed by atoms with E-state index in [0.717, 1.165) is 0 Å². The molecule has 0 unspecified atom stereocenters. The molecule has 1 rings (SSSR count). The molecule has 0 saturated heterocycles. The predicted octanol–water partition coefficient (Wildman–Crippen LogP) is 3.92. The standard InChI is InChI=1S/C17H27NOS/c1-13-8-7-9-14(10-13)17(5,6)12-18-15(19)11-20-16(2,3)4/h7-10H,11-12H2,1-6H3,(H,18,19). The highest BCUT2D eigenvalue weighted by molar-refractivity contribution is 8.01. The summed E-state index contributed by atoms with van der Waals surface area (Å²) < 4.78 is 0.128. The fourth-order valence-electron chi connectivity index (χ4n) is 1.82. The van der Waals surface area contributed by atoms with Gasteiger partial charge in [-0.3, -0.25) is 4.79 Å². The van der Waals surface area contributed by atoms with Crippen molar-refractivity contribution >= 4 is 17.7 Å². The van der Waals surface area contributed by atoms with Crippen LogP contribution in [0, 0.1) is 6.92 Å². The van der Waals surface area contributed by atoms with E-state index in [-0.39, 0.29) is 16.1 Å². The zero-order valence-corrected chi connectivity index (χ0v) is 14.4. The van der Waals surface area contributed by atoms with Crippen LogP contribution in [0.4, 0.5) is 0 Å². The van der Waals surface area contributed by atoms with E-state index in [1.165, 1.54) is 11.1 Å². The van der Waals surface area contributed by atoms with Crippen molar-refractivity contribution in [2.75, 3.05) is 12.3 Å². The molecule has 1 aromatic carbocycles. The molecule has 0 heterocycles. The Bertz CT molecular complexity index is 460. The summed E-state index contributed by atoms with van der Waals surface area (Å²) >= 11 is 1.68. The van der Waals surface area contributed by atoms with E-state index in [1.54, 1.807) is 11.8 Å². The largest absolute Gasteiger partial charge is 0.355 e. The van der Waals surface area contributed by atoms with Crippen LogP contribution >= 0.6 is 11.8 Å². The minimum absolute atomic E-state index is 0.0475. The lowest BCUT2D eigenvalue weighted by Gasteiger charge is -2.26. The molecule has 0 aliphatic rings. The van der Waals surface area contributed by atoms with Crippen LogP contribution in [0.3, 0.4) is 0 Å². The summed E-state index contributed by atoms with van der Waals surface area (Å²) in [6.07, 6.45) is 0. The first-order valence-electron chi connectivity index (χ1n) is 7.08. The van der Waals surface area contributed by atoms with Gasteiger partial charge in [0, 0.05) is 16.7 Å². The molecule has 1 aromatic rings. The molecule has 0 saturated carbocycles. The minimum atomic E-state index is -0.0475. The summed E-state index contributed by atoms with van der Waals surface area (Å²) in [5.74, 6) is 0.638. The van der Waals surface area contributed by atoms with Crippen molar-refractivity contribution in [1.29, 1.82) is 0 Å². The first-order valence-corrected chi connectivity index (χ1v) is 8.06. The van der Waals surface area contributed by atoms with Gasteiger partial charge in [-0.1, -0.05) is 64.4 Å². The van der Waals surface area contributed by atoms with Gasteiger partial charge in [0.1, 0.15) is 0 Å². The Hall–Kier alpha value is -0.960. The predicted molar refractivity (Wildman–Crippen MR) is 89.4 cm³/mol. The van der Waals surface area contributed by atoms with Gasteiger partial charge < -0.3 is 5.32 Å². The number of aryl methyl sites for hydroxylation is 1.